The molecule has 0 radical (unpaired) electrons. The van der Waals surface area contributed by atoms with E-state index in [1.165, 1.54) is 17.0 Å². The van der Waals surface area contributed by atoms with Crippen LogP contribution in [0.2, 0.25) is 5.02 Å². The van der Waals surface area contributed by atoms with Crippen LogP contribution < -0.4 is 10.2 Å². The molecule has 1 N–H and O–H groups in total. The van der Waals surface area contributed by atoms with Crippen LogP contribution in [0.15, 0.2) is 18.2 Å². The summed E-state index contributed by atoms with van der Waals surface area (Å²) in [4.78, 5) is 2.46. The van der Waals surface area contributed by atoms with E-state index < -0.39 is 0 Å². The number of hydrogen-bond donors (Lipinski definition) is 1. The van der Waals surface area contributed by atoms with Gasteiger partial charge in [-0.05, 0) is 19.2 Å². The molecule has 2 rings (SSSR count). The Morgan fingerprint density at radius 2 is 2.35 bits per heavy atom. The SMILES string of the molecule is CNCc1c(Cl)cccc1N1CCSC(C)C1. The number of nitrogens with zero attached hydrogens (tertiary/aromatic N) is 1. The van der Waals surface area contributed by atoms with Crippen molar-refractivity contribution in [3.8, 4) is 0 Å². The minimum absolute atomic E-state index is 0.699. The van der Waals surface area contributed by atoms with Gasteiger partial charge in [0.05, 0.1) is 0 Å². The second kappa shape index (κ2) is 5.98. The fourth-order valence-electron chi connectivity index (χ4n) is 2.23. The highest BCUT2D eigenvalue weighted by Gasteiger charge is 2.19. The molecule has 1 aliphatic rings. The van der Waals surface area contributed by atoms with Gasteiger partial charge in [-0.1, -0.05) is 24.6 Å². The fourth-order valence-corrected chi connectivity index (χ4v) is 3.48. The molecule has 94 valence electrons. The van der Waals surface area contributed by atoms with E-state index in [1.807, 2.05) is 30.9 Å². The Kier molecular flexibility index (Phi) is 4.60. The van der Waals surface area contributed by atoms with Crippen molar-refractivity contribution in [2.75, 3.05) is 30.8 Å². The topological polar surface area (TPSA) is 15.3 Å². The Bertz CT molecular complexity index is 384. The molecule has 1 heterocycles. The van der Waals surface area contributed by atoms with Gasteiger partial charge < -0.3 is 10.2 Å². The number of thioether (sulfide) groups is 1. The second-order valence-electron chi connectivity index (χ2n) is 4.40. The largest absolute Gasteiger partial charge is 0.369 e. The summed E-state index contributed by atoms with van der Waals surface area (Å²) in [5.41, 5.74) is 2.51. The number of nitrogens with one attached hydrogen (secondary N) is 1. The Balaban J connectivity index is 2.27. The van der Waals surface area contributed by atoms with Gasteiger partial charge in [-0.15, -0.1) is 0 Å². The van der Waals surface area contributed by atoms with Crippen molar-refractivity contribution >= 4 is 29.1 Å². The molecule has 0 aliphatic carbocycles. The maximum absolute atomic E-state index is 6.29. The molecule has 0 spiro atoms. The summed E-state index contributed by atoms with van der Waals surface area (Å²) in [6, 6.07) is 6.20. The average molecular weight is 271 g/mol. The highest BCUT2D eigenvalue weighted by atomic mass is 35.5. The van der Waals surface area contributed by atoms with Gasteiger partial charge in [0.25, 0.3) is 0 Å². The van der Waals surface area contributed by atoms with Crippen molar-refractivity contribution < 1.29 is 0 Å². The lowest BCUT2D eigenvalue weighted by Crippen LogP contribution is -2.37. The minimum Gasteiger partial charge on any atom is -0.369 e. The summed E-state index contributed by atoms with van der Waals surface area (Å²) in [6.45, 7) is 5.35. The molecule has 1 aromatic carbocycles. The van der Waals surface area contributed by atoms with E-state index in [-0.39, 0.29) is 0 Å². The van der Waals surface area contributed by atoms with E-state index in [0.717, 1.165) is 24.7 Å². The lowest BCUT2D eigenvalue weighted by molar-refractivity contribution is 0.761. The maximum Gasteiger partial charge on any atom is 0.0471 e. The third-order valence-corrected chi connectivity index (χ3v) is 4.52. The normalized spacial score (nSPS) is 20.6. The molecule has 4 heteroatoms. The lowest BCUT2D eigenvalue weighted by atomic mass is 10.1. The van der Waals surface area contributed by atoms with Gasteiger partial charge in [-0.25, -0.2) is 0 Å². The highest BCUT2D eigenvalue weighted by Crippen LogP contribution is 2.30. The molecule has 2 nitrogen and oxygen atoms in total. The van der Waals surface area contributed by atoms with Crippen LogP contribution >= 0.6 is 23.4 Å². The van der Waals surface area contributed by atoms with Crippen molar-refractivity contribution in [2.24, 2.45) is 0 Å². The van der Waals surface area contributed by atoms with Crippen LogP contribution in [0.5, 0.6) is 0 Å². The third-order valence-electron chi connectivity index (χ3n) is 3.03. The van der Waals surface area contributed by atoms with Crippen molar-refractivity contribution in [1.82, 2.24) is 5.32 Å². The van der Waals surface area contributed by atoms with E-state index in [0.29, 0.717) is 5.25 Å². The van der Waals surface area contributed by atoms with Crippen molar-refractivity contribution in [2.45, 2.75) is 18.7 Å². The zero-order chi connectivity index (χ0) is 12.3. The number of benzene rings is 1. The molecule has 1 aliphatic heterocycles. The summed E-state index contributed by atoms with van der Waals surface area (Å²) in [5, 5.41) is 4.76. The molecular formula is C13H19ClN2S. The molecule has 17 heavy (non-hydrogen) atoms. The van der Waals surface area contributed by atoms with Gasteiger partial charge in [0.2, 0.25) is 0 Å². The van der Waals surface area contributed by atoms with Gasteiger partial charge >= 0.3 is 0 Å². The number of rotatable bonds is 3. The standard InChI is InChI=1S/C13H19ClN2S/c1-10-9-16(6-7-17-10)13-5-3-4-12(14)11(13)8-15-2/h3-5,10,15H,6-9H2,1-2H3. The first-order valence-electron chi connectivity index (χ1n) is 6.01. The van der Waals surface area contributed by atoms with Crippen LogP contribution in [0.3, 0.4) is 0 Å². The number of halogens is 1. The van der Waals surface area contributed by atoms with Crippen LogP contribution in [0.4, 0.5) is 5.69 Å². The number of anilines is 1. The van der Waals surface area contributed by atoms with E-state index in [2.05, 4.69) is 23.2 Å². The van der Waals surface area contributed by atoms with E-state index in [4.69, 9.17) is 11.6 Å². The van der Waals surface area contributed by atoms with Crippen LogP contribution in [0, 0.1) is 0 Å². The molecule has 1 fully saturated rings. The predicted octanol–water partition coefficient (Wildman–Crippen LogP) is 3.00. The predicted molar refractivity (Wildman–Crippen MR) is 78.3 cm³/mol. The Morgan fingerprint density at radius 3 is 3.06 bits per heavy atom. The van der Waals surface area contributed by atoms with E-state index in [9.17, 15) is 0 Å². The molecule has 0 saturated carbocycles. The smallest absolute Gasteiger partial charge is 0.0471 e. The minimum atomic E-state index is 0.699. The van der Waals surface area contributed by atoms with Gasteiger partial charge in [0.15, 0.2) is 0 Å². The summed E-state index contributed by atoms with van der Waals surface area (Å²) in [5.74, 6) is 1.20. The van der Waals surface area contributed by atoms with Crippen molar-refractivity contribution in [3.05, 3.63) is 28.8 Å². The van der Waals surface area contributed by atoms with Crippen LogP contribution in [0.1, 0.15) is 12.5 Å². The molecule has 1 aromatic rings. The molecule has 1 atom stereocenters. The molecule has 0 aromatic heterocycles. The maximum atomic E-state index is 6.29. The highest BCUT2D eigenvalue weighted by molar-refractivity contribution is 8.00. The van der Waals surface area contributed by atoms with E-state index in [1.54, 1.807) is 0 Å². The number of hydrogen-bond acceptors (Lipinski definition) is 3. The summed E-state index contributed by atoms with van der Waals surface area (Å²) >= 11 is 8.34. The molecule has 1 saturated heterocycles. The molecule has 0 bridgehead atoms. The first-order chi connectivity index (χ1) is 8.22. The van der Waals surface area contributed by atoms with Gasteiger partial charge in [0.1, 0.15) is 0 Å². The quantitative estimate of drug-likeness (QED) is 0.909. The summed E-state index contributed by atoms with van der Waals surface area (Å²) in [7, 11) is 1.96. The van der Waals surface area contributed by atoms with Gasteiger partial charge in [0, 0.05) is 46.9 Å². The molecular weight excluding hydrogens is 252 g/mol. The Labute approximate surface area is 113 Å². The zero-order valence-corrected chi connectivity index (χ0v) is 11.9. The van der Waals surface area contributed by atoms with Crippen LogP contribution in [-0.4, -0.2) is 31.1 Å². The van der Waals surface area contributed by atoms with Crippen molar-refractivity contribution in [1.29, 1.82) is 0 Å². The van der Waals surface area contributed by atoms with Gasteiger partial charge in [-0.3, -0.25) is 0 Å². The second-order valence-corrected chi connectivity index (χ2v) is 6.35. The Morgan fingerprint density at radius 1 is 1.53 bits per heavy atom. The lowest BCUT2D eigenvalue weighted by Gasteiger charge is -2.34. The average Bonchev–Trinajstić information content (AvgIpc) is 2.32. The van der Waals surface area contributed by atoms with Crippen LogP contribution in [-0.2, 0) is 6.54 Å². The fraction of sp³-hybridized carbons (Fsp3) is 0.538. The summed E-state index contributed by atoms with van der Waals surface area (Å²) in [6.07, 6.45) is 0. The molecule has 0 amide bonds. The summed E-state index contributed by atoms with van der Waals surface area (Å²) < 4.78 is 0. The van der Waals surface area contributed by atoms with E-state index >= 15 is 0 Å². The molecule has 1 unspecified atom stereocenters. The zero-order valence-electron chi connectivity index (χ0n) is 10.4. The van der Waals surface area contributed by atoms with Crippen LogP contribution in [0.25, 0.3) is 0 Å². The first-order valence-corrected chi connectivity index (χ1v) is 7.43. The Hall–Kier alpha value is -0.380. The van der Waals surface area contributed by atoms with Crippen molar-refractivity contribution in [3.63, 3.8) is 0 Å². The monoisotopic (exact) mass is 270 g/mol. The van der Waals surface area contributed by atoms with Gasteiger partial charge in [-0.2, -0.15) is 11.8 Å². The first kappa shape index (κ1) is 13.1. The third kappa shape index (κ3) is 3.09.